The number of sulfonamides is 1. The summed E-state index contributed by atoms with van der Waals surface area (Å²) in [6, 6.07) is 19.1. The van der Waals surface area contributed by atoms with Gasteiger partial charge in [0.15, 0.2) is 0 Å². The zero-order chi connectivity index (χ0) is 28.1. The van der Waals surface area contributed by atoms with Crippen LogP contribution in [0.15, 0.2) is 65.6 Å². The summed E-state index contributed by atoms with van der Waals surface area (Å²) in [4.78, 5) is 2.58. The molecule has 0 saturated heterocycles. The van der Waals surface area contributed by atoms with Gasteiger partial charge in [0.25, 0.3) is 10.0 Å². The monoisotopic (exact) mass is 562 g/mol. The van der Waals surface area contributed by atoms with Gasteiger partial charge in [-0.05, 0) is 89.6 Å². The Kier molecular flexibility index (Phi) is 9.27. The van der Waals surface area contributed by atoms with Gasteiger partial charge >= 0.3 is 0 Å². The molecule has 0 atom stereocenters. The van der Waals surface area contributed by atoms with Crippen molar-refractivity contribution in [2.24, 2.45) is 11.8 Å². The first-order chi connectivity index (χ1) is 19.2. The average Bonchev–Trinajstić information content (AvgIpc) is 3.44. The minimum Gasteiger partial charge on any atom is -0.294 e. The van der Waals surface area contributed by atoms with E-state index in [4.69, 9.17) is 0 Å². The predicted octanol–water partition coefficient (Wildman–Crippen LogP) is 7.90. The summed E-state index contributed by atoms with van der Waals surface area (Å²) in [7, 11) is -3.89. The third kappa shape index (κ3) is 7.52. The quantitative estimate of drug-likeness (QED) is 0.258. The van der Waals surface area contributed by atoms with Gasteiger partial charge in [-0.15, -0.1) is 0 Å². The van der Waals surface area contributed by atoms with Crippen molar-refractivity contribution in [2.75, 3.05) is 11.3 Å². The van der Waals surface area contributed by atoms with Crippen LogP contribution in [-0.2, 0) is 42.4 Å². The highest BCUT2D eigenvalue weighted by atomic mass is 32.2. The number of nitrogens with one attached hydrogen (secondary N) is 1. The maximum absolute atomic E-state index is 14.9. The molecular weight excluding hydrogens is 519 g/mol. The normalized spacial score (nSPS) is 16.4. The van der Waals surface area contributed by atoms with Crippen molar-refractivity contribution in [2.45, 2.75) is 89.6 Å². The SMILES string of the molecule is CC(C)Cc1ccc(CN2CCc3cc(S(=O)(=O)Nc4ccc(CCCC5CCCC5)cc4F)ccc3C2)cc1. The fraction of sp³-hybridized carbons (Fsp3) is 0.471. The van der Waals surface area contributed by atoms with Crippen molar-refractivity contribution in [1.82, 2.24) is 4.90 Å². The zero-order valence-corrected chi connectivity index (χ0v) is 24.8. The summed E-state index contributed by atoms with van der Waals surface area (Å²) in [6.07, 6.45) is 10.3. The first-order valence-electron chi connectivity index (χ1n) is 15.0. The van der Waals surface area contributed by atoms with Crippen LogP contribution in [0.2, 0.25) is 0 Å². The molecule has 6 heteroatoms. The first-order valence-corrected chi connectivity index (χ1v) is 16.5. The second kappa shape index (κ2) is 12.9. The van der Waals surface area contributed by atoms with Gasteiger partial charge in [0.1, 0.15) is 5.82 Å². The van der Waals surface area contributed by atoms with Crippen LogP contribution in [0.4, 0.5) is 10.1 Å². The van der Waals surface area contributed by atoms with E-state index in [1.807, 2.05) is 12.1 Å². The third-order valence-corrected chi connectivity index (χ3v) is 9.85. The Labute approximate surface area is 240 Å². The molecular formula is C34H43FN2O2S. The number of rotatable bonds is 11. The van der Waals surface area contributed by atoms with Gasteiger partial charge in [-0.3, -0.25) is 9.62 Å². The first kappa shape index (κ1) is 28.8. The van der Waals surface area contributed by atoms with E-state index in [9.17, 15) is 12.8 Å². The molecule has 1 N–H and O–H groups in total. The zero-order valence-electron chi connectivity index (χ0n) is 24.0. The Hall–Kier alpha value is -2.70. The van der Waals surface area contributed by atoms with Gasteiger partial charge in [0, 0.05) is 19.6 Å². The summed E-state index contributed by atoms with van der Waals surface area (Å²) in [5.41, 5.74) is 5.78. The summed E-state index contributed by atoms with van der Waals surface area (Å²) in [6.45, 7) is 7.00. The third-order valence-electron chi connectivity index (χ3n) is 8.48. The fourth-order valence-corrected chi connectivity index (χ4v) is 7.41. The molecule has 40 heavy (non-hydrogen) atoms. The molecule has 0 spiro atoms. The molecule has 1 saturated carbocycles. The molecule has 5 rings (SSSR count). The number of benzene rings is 3. The van der Waals surface area contributed by atoms with E-state index >= 15 is 0 Å². The lowest BCUT2D eigenvalue weighted by atomic mass is 9.98. The van der Waals surface area contributed by atoms with Crippen LogP contribution in [0.1, 0.15) is 80.2 Å². The number of fused-ring (bicyclic) bond motifs is 1. The molecule has 0 unspecified atom stereocenters. The lowest BCUT2D eigenvalue weighted by Crippen LogP contribution is -2.30. The number of hydrogen-bond donors (Lipinski definition) is 1. The van der Waals surface area contributed by atoms with E-state index in [2.05, 4.69) is 47.7 Å². The molecule has 4 nitrogen and oxygen atoms in total. The van der Waals surface area contributed by atoms with Crippen molar-refractivity contribution in [1.29, 1.82) is 0 Å². The van der Waals surface area contributed by atoms with Gasteiger partial charge in [0.05, 0.1) is 10.6 Å². The lowest BCUT2D eigenvalue weighted by molar-refractivity contribution is 0.245. The van der Waals surface area contributed by atoms with Crippen LogP contribution in [0.25, 0.3) is 0 Å². The largest absolute Gasteiger partial charge is 0.294 e. The van der Waals surface area contributed by atoms with E-state index in [1.54, 1.807) is 18.2 Å². The second-order valence-electron chi connectivity index (χ2n) is 12.3. The molecule has 3 aromatic carbocycles. The maximum atomic E-state index is 14.9. The minimum atomic E-state index is -3.89. The standard InChI is InChI=1S/C34H43FN2O2S/c1-25(2)20-28-10-12-29(13-11-28)23-37-19-18-30-22-32(16-15-31(30)24-37)40(38,39)36-34-17-14-27(21-33(34)35)9-5-8-26-6-3-4-7-26/h10-17,21-22,25-26,36H,3-9,18-20,23-24H2,1-2H3. The van der Waals surface area contributed by atoms with Crippen LogP contribution in [0.5, 0.6) is 0 Å². The van der Waals surface area contributed by atoms with Crippen molar-refractivity contribution in [3.8, 4) is 0 Å². The number of nitrogens with zero attached hydrogens (tertiary/aromatic N) is 1. The number of hydrogen-bond acceptors (Lipinski definition) is 3. The molecule has 0 radical (unpaired) electrons. The number of aryl methyl sites for hydroxylation is 1. The van der Waals surface area contributed by atoms with Crippen molar-refractivity contribution >= 4 is 15.7 Å². The van der Waals surface area contributed by atoms with Gasteiger partial charge in [-0.25, -0.2) is 12.8 Å². The Balaban J connectivity index is 1.18. The predicted molar refractivity (Wildman–Crippen MR) is 161 cm³/mol. The maximum Gasteiger partial charge on any atom is 0.261 e. The average molecular weight is 563 g/mol. The molecule has 1 fully saturated rings. The highest BCUT2D eigenvalue weighted by molar-refractivity contribution is 7.92. The van der Waals surface area contributed by atoms with Crippen molar-refractivity contribution in [3.05, 3.63) is 94.3 Å². The van der Waals surface area contributed by atoms with Gasteiger partial charge in [-0.2, -0.15) is 0 Å². The Morgan fingerprint density at radius 1 is 0.925 bits per heavy atom. The van der Waals surface area contributed by atoms with Gasteiger partial charge in [0.2, 0.25) is 0 Å². The van der Waals surface area contributed by atoms with Crippen LogP contribution in [0, 0.1) is 17.7 Å². The van der Waals surface area contributed by atoms with E-state index in [-0.39, 0.29) is 10.6 Å². The lowest BCUT2D eigenvalue weighted by Gasteiger charge is -2.29. The molecule has 2 aliphatic rings. The summed E-state index contributed by atoms with van der Waals surface area (Å²) in [5, 5.41) is 0. The Morgan fingerprint density at radius 3 is 2.38 bits per heavy atom. The molecule has 0 amide bonds. The van der Waals surface area contributed by atoms with Gasteiger partial charge in [-0.1, -0.05) is 82.3 Å². The van der Waals surface area contributed by atoms with E-state index in [1.165, 1.54) is 49.3 Å². The van der Waals surface area contributed by atoms with Crippen LogP contribution < -0.4 is 4.72 Å². The van der Waals surface area contributed by atoms with Crippen molar-refractivity contribution in [3.63, 3.8) is 0 Å². The van der Waals surface area contributed by atoms with Crippen LogP contribution in [0.3, 0.4) is 0 Å². The molecule has 214 valence electrons. The van der Waals surface area contributed by atoms with Crippen molar-refractivity contribution < 1.29 is 12.8 Å². The molecule has 1 aliphatic heterocycles. The Morgan fingerprint density at radius 2 is 1.65 bits per heavy atom. The highest BCUT2D eigenvalue weighted by Crippen LogP contribution is 2.30. The Bertz CT molecular complexity index is 1400. The van der Waals surface area contributed by atoms with Crippen LogP contribution in [-0.4, -0.2) is 19.9 Å². The molecule has 1 aliphatic carbocycles. The summed E-state index contributed by atoms with van der Waals surface area (Å²) in [5.74, 6) is 0.948. The van der Waals surface area contributed by atoms with E-state index < -0.39 is 15.8 Å². The topological polar surface area (TPSA) is 49.4 Å². The fourth-order valence-electron chi connectivity index (χ4n) is 6.29. The molecule has 1 heterocycles. The summed E-state index contributed by atoms with van der Waals surface area (Å²) < 4.78 is 43.7. The van der Waals surface area contributed by atoms with Crippen LogP contribution >= 0.6 is 0 Å². The molecule has 0 bridgehead atoms. The molecule has 0 aromatic heterocycles. The minimum absolute atomic E-state index is 0.00264. The second-order valence-corrected chi connectivity index (χ2v) is 14.0. The highest BCUT2D eigenvalue weighted by Gasteiger charge is 2.22. The smallest absolute Gasteiger partial charge is 0.261 e. The number of halogens is 1. The van der Waals surface area contributed by atoms with Gasteiger partial charge < -0.3 is 0 Å². The molecule has 3 aromatic rings. The van der Waals surface area contributed by atoms with E-state index in [0.29, 0.717) is 5.92 Å². The van der Waals surface area contributed by atoms with E-state index in [0.717, 1.165) is 67.9 Å². The number of anilines is 1. The summed E-state index contributed by atoms with van der Waals surface area (Å²) >= 11 is 0.